The number of carbonyl (C=O) groups is 1. The first-order valence-electron chi connectivity index (χ1n) is 6.69. The summed E-state index contributed by atoms with van der Waals surface area (Å²) in [5, 5.41) is 13.9. The van der Waals surface area contributed by atoms with E-state index in [4.69, 9.17) is 0 Å². The molecular weight excluding hydrogens is 350 g/mol. The third-order valence-corrected chi connectivity index (χ3v) is 4.81. The van der Waals surface area contributed by atoms with Gasteiger partial charge in [0.1, 0.15) is 11.0 Å². The highest BCUT2D eigenvalue weighted by Gasteiger charge is 2.13. The Hall–Kier alpha value is -2.98. The van der Waals surface area contributed by atoms with Gasteiger partial charge in [-0.3, -0.25) is 20.2 Å². The molecule has 24 heavy (non-hydrogen) atoms. The zero-order chi connectivity index (χ0) is 16.7. The second kappa shape index (κ2) is 5.58. The quantitative estimate of drug-likeness (QED) is 0.444. The summed E-state index contributed by atoms with van der Waals surface area (Å²) in [6.07, 6.45) is 0. The normalized spacial score (nSPS) is 11.0. The molecule has 1 N–H and O–H groups in total. The number of non-ortho nitro benzene ring substituents is 1. The van der Waals surface area contributed by atoms with Gasteiger partial charge < -0.3 is 0 Å². The van der Waals surface area contributed by atoms with E-state index in [0.717, 1.165) is 17.2 Å². The largest absolute Gasteiger partial charge is 0.298 e. The monoisotopic (exact) mass is 357 g/mol. The zero-order valence-electron chi connectivity index (χ0n) is 11.8. The number of carbonyl (C=O) groups excluding carboxylic acids is 1. The van der Waals surface area contributed by atoms with E-state index < -0.39 is 4.92 Å². The van der Waals surface area contributed by atoms with Crippen LogP contribution in [0.2, 0.25) is 0 Å². The highest BCUT2D eigenvalue weighted by Crippen LogP contribution is 2.29. The Balaban J connectivity index is 1.62. The Morgan fingerprint density at radius 3 is 2.71 bits per heavy atom. The maximum Gasteiger partial charge on any atom is 0.270 e. The van der Waals surface area contributed by atoms with Gasteiger partial charge >= 0.3 is 0 Å². The van der Waals surface area contributed by atoms with Crippen LogP contribution in [0.3, 0.4) is 0 Å². The number of amides is 1. The third kappa shape index (κ3) is 2.57. The van der Waals surface area contributed by atoms with Gasteiger partial charge in [-0.2, -0.15) is 8.75 Å². The second-order valence-electron chi connectivity index (χ2n) is 4.85. The summed E-state index contributed by atoms with van der Waals surface area (Å²) < 4.78 is 8.83. The average Bonchev–Trinajstić information content (AvgIpc) is 3.18. The van der Waals surface area contributed by atoms with E-state index >= 15 is 0 Å². The van der Waals surface area contributed by atoms with Gasteiger partial charge in [-0.1, -0.05) is 11.3 Å². The molecule has 0 spiro atoms. The van der Waals surface area contributed by atoms with Crippen LogP contribution in [0.5, 0.6) is 0 Å². The lowest BCUT2D eigenvalue weighted by atomic mass is 10.2. The van der Waals surface area contributed by atoms with Crippen molar-refractivity contribution >= 4 is 61.0 Å². The Bertz CT molecular complexity index is 1100. The van der Waals surface area contributed by atoms with Crippen LogP contribution < -0.4 is 5.32 Å². The number of fused-ring (bicyclic) bond motifs is 2. The molecule has 0 aliphatic heterocycles. The van der Waals surface area contributed by atoms with Crippen LogP contribution in [-0.2, 0) is 0 Å². The zero-order valence-corrected chi connectivity index (χ0v) is 13.4. The molecule has 1 amide bonds. The number of nitro benzene ring substituents is 1. The average molecular weight is 357 g/mol. The maximum atomic E-state index is 12.3. The number of benzene rings is 2. The minimum atomic E-state index is -0.464. The molecule has 118 valence electrons. The molecule has 4 aromatic rings. The molecule has 2 aromatic heterocycles. The van der Waals surface area contributed by atoms with Crippen LogP contribution in [0.25, 0.3) is 21.3 Å². The summed E-state index contributed by atoms with van der Waals surface area (Å²) in [6.45, 7) is 0. The maximum absolute atomic E-state index is 12.3. The van der Waals surface area contributed by atoms with Gasteiger partial charge in [-0.05, 0) is 24.3 Å². The summed E-state index contributed by atoms with van der Waals surface area (Å²) >= 11 is 2.27. The molecular formula is C14H7N5O3S2. The SMILES string of the molecule is O=C(Nc1nc2ccc([N+](=O)[O-])cc2s1)c1ccc2nsnc2c1. The Labute approximate surface area is 142 Å². The Kier molecular flexibility index (Phi) is 3.40. The molecule has 0 radical (unpaired) electrons. The minimum Gasteiger partial charge on any atom is -0.298 e. The number of aromatic nitrogens is 3. The van der Waals surface area contributed by atoms with Gasteiger partial charge in [-0.25, -0.2) is 4.98 Å². The number of thiazole rings is 1. The van der Waals surface area contributed by atoms with Gasteiger partial charge in [-0.15, -0.1) is 0 Å². The van der Waals surface area contributed by atoms with E-state index in [1.807, 2.05) is 0 Å². The summed E-state index contributed by atoms with van der Waals surface area (Å²) in [6, 6.07) is 9.44. The van der Waals surface area contributed by atoms with Crippen LogP contribution in [0.4, 0.5) is 10.8 Å². The molecule has 10 heteroatoms. The van der Waals surface area contributed by atoms with E-state index in [1.54, 1.807) is 24.3 Å². The van der Waals surface area contributed by atoms with E-state index in [2.05, 4.69) is 19.0 Å². The van der Waals surface area contributed by atoms with Crippen molar-refractivity contribution in [2.24, 2.45) is 0 Å². The van der Waals surface area contributed by atoms with E-state index in [1.165, 1.54) is 23.5 Å². The van der Waals surface area contributed by atoms with Gasteiger partial charge in [0, 0.05) is 17.7 Å². The number of rotatable bonds is 3. The van der Waals surface area contributed by atoms with Gasteiger partial charge in [0.05, 0.1) is 26.9 Å². The standard InChI is InChI=1S/C14H7N5O3S2/c20-13(7-1-3-9-11(5-7)18-24-17-9)16-14-15-10-4-2-8(19(21)22)6-12(10)23-14/h1-6H,(H,15,16,20). The molecule has 2 aromatic carbocycles. The van der Waals surface area contributed by atoms with Crippen molar-refractivity contribution in [2.75, 3.05) is 5.32 Å². The predicted molar refractivity (Wildman–Crippen MR) is 91.6 cm³/mol. The Morgan fingerprint density at radius 1 is 1.08 bits per heavy atom. The van der Waals surface area contributed by atoms with Crippen LogP contribution in [0.15, 0.2) is 36.4 Å². The fourth-order valence-electron chi connectivity index (χ4n) is 2.17. The summed E-state index contributed by atoms with van der Waals surface area (Å²) in [7, 11) is 0. The summed E-state index contributed by atoms with van der Waals surface area (Å²) in [5.41, 5.74) is 2.43. The number of anilines is 1. The van der Waals surface area contributed by atoms with Crippen molar-refractivity contribution in [3.8, 4) is 0 Å². The van der Waals surface area contributed by atoms with Crippen molar-refractivity contribution in [3.05, 3.63) is 52.1 Å². The van der Waals surface area contributed by atoms with Gasteiger partial charge in [0.25, 0.3) is 11.6 Å². The third-order valence-electron chi connectivity index (χ3n) is 3.32. The predicted octanol–water partition coefficient (Wildman–Crippen LogP) is 3.46. The fraction of sp³-hybridized carbons (Fsp3) is 0. The topological polar surface area (TPSA) is 111 Å². The first-order valence-corrected chi connectivity index (χ1v) is 8.23. The van der Waals surface area contributed by atoms with Crippen molar-refractivity contribution in [3.63, 3.8) is 0 Å². The molecule has 0 aliphatic rings. The molecule has 0 unspecified atom stereocenters. The smallest absolute Gasteiger partial charge is 0.270 e. The first-order chi connectivity index (χ1) is 11.6. The van der Waals surface area contributed by atoms with Crippen molar-refractivity contribution in [1.82, 2.24) is 13.7 Å². The lowest BCUT2D eigenvalue weighted by molar-refractivity contribution is -0.384. The van der Waals surface area contributed by atoms with Gasteiger partial charge in [0.15, 0.2) is 5.13 Å². The fourth-order valence-corrected chi connectivity index (χ4v) is 3.58. The first kappa shape index (κ1) is 14.6. The summed E-state index contributed by atoms with van der Waals surface area (Å²) in [4.78, 5) is 26.9. The minimum absolute atomic E-state index is 0.00879. The molecule has 0 atom stereocenters. The molecule has 0 saturated carbocycles. The van der Waals surface area contributed by atoms with Crippen LogP contribution in [-0.4, -0.2) is 24.6 Å². The van der Waals surface area contributed by atoms with Crippen molar-refractivity contribution in [2.45, 2.75) is 0 Å². The number of nitro groups is 1. The van der Waals surface area contributed by atoms with E-state index in [-0.39, 0.29) is 11.6 Å². The van der Waals surface area contributed by atoms with Crippen LogP contribution in [0.1, 0.15) is 10.4 Å². The van der Waals surface area contributed by atoms with Crippen molar-refractivity contribution < 1.29 is 9.72 Å². The highest BCUT2D eigenvalue weighted by molar-refractivity contribution is 7.22. The van der Waals surface area contributed by atoms with Crippen molar-refractivity contribution in [1.29, 1.82) is 0 Å². The molecule has 0 saturated heterocycles. The molecule has 8 nitrogen and oxygen atoms in total. The lowest BCUT2D eigenvalue weighted by Crippen LogP contribution is -2.11. The lowest BCUT2D eigenvalue weighted by Gasteiger charge is -2.00. The number of hydrogen-bond donors (Lipinski definition) is 1. The van der Waals surface area contributed by atoms with E-state index in [9.17, 15) is 14.9 Å². The molecule has 4 rings (SSSR count). The van der Waals surface area contributed by atoms with E-state index in [0.29, 0.717) is 26.4 Å². The van der Waals surface area contributed by atoms with Crippen LogP contribution >= 0.6 is 23.1 Å². The molecule has 0 aliphatic carbocycles. The molecule has 2 heterocycles. The van der Waals surface area contributed by atoms with Crippen LogP contribution in [0, 0.1) is 10.1 Å². The van der Waals surface area contributed by atoms with Gasteiger partial charge in [0.2, 0.25) is 0 Å². The second-order valence-corrected chi connectivity index (χ2v) is 6.41. The highest BCUT2D eigenvalue weighted by atomic mass is 32.1. The number of hydrogen-bond acceptors (Lipinski definition) is 8. The number of nitrogens with zero attached hydrogens (tertiary/aromatic N) is 4. The Morgan fingerprint density at radius 2 is 1.88 bits per heavy atom. The summed E-state index contributed by atoms with van der Waals surface area (Å²) in [5.74, 6) is -0.321. The molecule has 0 fully saturated rings. The number of nitrogens with one attached hydrogen (secondary N) is 1. The molecule has 0 bridgehead atoms.